The zero-order valence-corrected chi connectivity index (χ0v) is 10.4. The molecule has 1 unspecified atom stereocenters. The maximum Gasteiger partial charge on any atom is 0.238 e. The van der Waals surface area contributed by atoms with Gasteiger partial charge in [-0.2, -0.15) is 0 Å². The summed E-state index contributed by atoms with van der Waals surface area (Å²) in [5.41, 5.74) is 0. The molecule has 0 radical (unpaired) electrons. The Morgan fingerprint density at radius 3 is 2.56 bits per heavy atom. The average Bonchev–Trinajstić information content (AvgIpc) is 2.20. The van der Waals surface area contributed by atoms with E-state index in [1.165, 1.54) is 6.92 Å². The molecule has 0 aromatic heterocycles. The molecule has 7 heteroatoms. The number of carbonyl (C=O) groups is 1. The molecule has 0 heterocycles. The van der Waals surface area contributed by atoms with Crippen LogP contribution in [0.2, 0.25) is 0 Å². The first-order chi connectivity index (χ1) is 7.39. The number of sulfone groups is 1. The molecule has 0 aliphatic carbocycles. The molecule has 0 fully saturated rings. The van der Waals surface area contributed by atoms with Gasteiger partial charge in [0.2, 0.25) is 5.91 Å². The number of hydrogen-bond donors (Lipinski definition) is 2. The molecule has 1 amide bonds. The average molecular weight is 253 g/mol. The number of ether oxygens (including phenoxy) is 1. The smallest absolute Gasteiger partial charge is 0.238 e. The Hall–Kier alpha value is -0.660. The maximum absolute atomic E-state index is 11.3. The van der Waals surface area contributed by atoms with Crippen molar-refractivity contribution in [2.75, 3.05) is 32.6 Å². The number of nitrogens with one attached hydrogen (secondary N) is 1. The highest BCUT2D eigenvalue weighted by molar-refractivity contribution is 7.92. The van der Waals surface area contributed by atoms with Crippen LogP contribution in [0.5, 0.6) is 0 Å². The standard InChI is InChI=1S/C9H19NO5S/c1-8(16(2,13)14)9(12)10-4-3-6-15-7-5-11/h8,11H,3-7H2,1-2H3,(H,10,12). The Labute approximate surface area is 95.9 Å². The molecule has 0 saturated carbocycles. The fraction of sp³-hybridized carbons (Fsp3) is 0.889. The molecule has 6 nitrogen and oxygen atoms in total. The van der Waals surface area contributed by atoms with Crippen LogP contribution in [0.15, 0.2) is 0 Å². The Morgan fingerprint density at radius 2 is 2.06 bits per heavy atom. The van der Waals surface area contributed by atoms with E-state index in [-0.39, 0.29) is 13.2 Å². The second-order valence-electron chi connectivity index (χ2n) is 3.45. The van der Waals surface area contributed by atoms with Crippen LogP contribution < -0.4 is 5.32 Å². The normalized spacial score (nSPS) is 13.4. The summed E-state index contributed by atoms with van der Waals surface area (Å²) in [5, 5.41) is 9.89. The highest BCUT2D eigenvalue weighted by Gasteiger charge is 2.22. The van der Waals surface area contributed by atoms with Crippen molar-refractivity contribution in [2.45, 2.75) is 18.6 Å². The number of aliphatic hydroxyl groups excluding tert-OH is 1. The quantitative estimate of drug-likeness (QED) is 0.538. The third-order valence-electron chi connectivity index (χ3n) is 2.01. The summed E-state index contributed by atoms with van der Waals surface area (Å²) in [6, 6.07) is 0. The van der Waals surface area contributed by atoms with Crippen molar-refractivity contribution in [3.63, 3.8) is 0 Å². The van der Waals surface area contributed by atoms with E-state index >= 15 is 0 Å². The van der Waals surface area contributed by atoms with Crippen LogP contribution in [0.1, 0.15) is 13.3 Å². The van der Waals surface area contributed by atoms with E-state index in [4.69, 9.17) is 9.84 Å². The van der Waals surface area contributed by atoms with Gasteiger partial charge in [0.1, 0.15) is 5.25 Å². The van der Waals surface area contributed by atoms with Crippen molar-refractivity contribution in [2.24, 2.45) is 0 Å². The van der Waals surface area contributed by atoms with Gasteiger partial charge in [-0.3, -0.25) is 4.79 Å². The van der Waals surface area contributed by atoms with Gasteiger partial charge in [-0.05, 0) is 13.3 Å². The molecule has 0 aliphatic rings. The summed E-state index contributed by atoms with van der Waals surface area (Å²) in [6.07, 6.45) is 1.61. The maximum atomic E-state index is 11.3. The van der Waals surface area contributed by atoms with Crippen LogP contribution in [-0.4, -0.2) is 57.3 Å². The minimum atomic E-state index is -3.33. The molecule has 0 aromatic carbocycles. The Morgan fingerprint density at radius 1 is 1.44 bits per heavy atom. The van der Waals surface area contributed by atoms with Gasteiger partial charge in [0.05, 0.1) is 13.2 Å². The van der Waals surface area contributed by atoms with Crippen LogP contribution >= 0.6 is 0 Å². The summed E-state index contributed by atoms with van der Waals surface area (Å²) >= 11 is 0. The second-order valence-corrected chi connectivity index (χ2v) is 5.82. The van der Waals surface area contributed by atoms with E-state index in [1.807, 2.05) is 0 Å². The summed E-state index contributed by atoms with van der Waals surface area (Å²) in [5.74, 6) is -0.496. The first-order valence-electron chi connectivity index (χ1n) is 5.04. The van der Waals surface area contributed by atoms with Gasteiger partial charge in [0.15, 0.2) is 9.84 Å². The zero-order chi connectivity index (χ0) is 12.6. The number of amides is 1. The van der Waals surface area contributed by atoms with E-state index in [2.05, 4.69) is 5.32 Å². The van der Waals surface area contributed by atoms with Gasteiger partial charge in [0, 0.05) is 19.4 Å². The van der Waals surface area contributed by atoms with Crippen molar-refractivity contribution in [3.8, 4) is 0 Å². The summed E-state index contributed by atoms with van der Waals surface area (Å²) in [7, 11) is -3.33. The summed E-state index contributed by atoms with van der Waals surface area (Å²) in [6.45, 7) is 2.39. The van der Waals surface area contributed by atoms with Crippen LogP contribution in [0.25, 0.3) is 0 Å². The first-order valence-corrected chi connectivity index (χ1v) is 7.00. The topological polar surface area (TPSA) is 92.7 Å². The van der Waals surface area contributed by atoms with E-state index in [1.54, 1.807) is 0 Å². The minimum absolute atomic E-state index is 0.0303. The molecule has 0 bridgehead atoms. The Bertz CT molecular complexity index is 301. The molecule has 0 aromatic rings. The Kier molecular flexibility index (Phi) is 7.27. The van der Waals surface area contributed by atoms with Crippen molar-refractivity contribution in [3.05, 3.63) is 0 Å². The van der Waals surface area contributed by atoms with Crippen LogP contribution in [-0.2, 0) is 19.4 Å². The van der Waals surface area contributed by atoms with Gasteiger partial charge in [-0.1, -0.05) is 0 Å². The van der Waals surface area contributed by atoms with E-state index in [9.17, 15) is 13.2 Å². The van der Waals surface area contributed by atoms with Crippen molar-refractivity contribution >= 4 is 15.7 Å². The van der Waals surface area contributed by atoms with Gasteiger partial charge < -0.3 is 15.2 Å². The zero-order valence-electron chi connectivity index (χ0n) is 9.60. The monoisotopic (exact) mass is 253 g/mol. The van der Waals surface area contributed by atoms with Crippen molar-refractivity contribution < 1.29 is 23.1 Å². The molecular weight excluding hydrogens is 234 g/mol. The predicted molar refractivity (Wildman–Crippen MR) is 59.8 cm³/mol. The fourth-order valence-corrected chi connectivity index (χ4v) is 1.36. The SMILES string of the molecule is CC(C(=O)NCCCOCCO)S(C)(=O)=O. The molecule has 0 saturated heterocycles. The number of aliphatic hydroxyl groups is 1. The second kappa shape index (κ2) is 7.59. The van der Waals surface area contributed by atoms with Crippen molar-refractivity contribution in [1.29, 1.82) is 0 Å². The summed E-state index contributed by atoms with van der Waals surface area (Å²) in [4.78, 5) is 11.3. The van der Waals surface area contributed by atoms with Gasteiger partial charge in [-0.25, -0.2) is 8.42 Å². The van der Waals surface area contributed by atoms with E-state index in [0.717, 1.165) is 6.26 Å². The van der Waals surface area contributed by atoms with Crippen LogP contribution in [0, 0.1) is 0 Å². The predicted octanol–water partition coefficient (Wildman–Crippen LogP) is -1.07. The van der Waals surface area contributed by atoms with Gasteiger partial charge in [-0.15, -0.1) is 0 Å². The van der Waals surface area contributed by atoms with E-state index < -0.39 is 21.0 Å². The third kappa shape index (κ3) is 6.76. The minimum Gasteiger partial charge on any atom is -0.394 e. The molecule has 2 N–H and O–H groups in total. The van der Waals surface area contributed by atoms with Gasteiger partial charge in [0.25, 0.3) is 0 Å². The van der Waals surface area contributed by atoms with Crippen LogP contribution in [0.4, 0.5) is 0 Å². The number of carbonyl (C=O) groups excluding carboxylic acids is 1. The number of rotatable bonds is 8. The Balaban J connectivity index is 3.67. The lowest BCUT2D eigenvalue weighted by Gasteiger charge is -2.10. The molecule has 1 atom stereocenters. The third-order valence-corrected chi connectivity index (χ3v) is 3.51. The highest BCUT2D eigenvalue weighted by atomic mass is 32.2. The molecule has 0 spiro atoms. The van der Waals surface area contributed by atoms with Crippen LogP contribution in [0.3, 0.4) is 0 Å². The lowest BCUT2D eigenvalue weighted by Crippen LogP contribution is -2.38. The van der Waals surface area contributed by atoms with E-state index in [0.29, 0.717) is 19.6 Å². The highest BCUT2D eigenvalue weighted by Crippen LogP contribution is 1.97. The lowest BCUT2D eigenvalue weighted by molar-refractivity contribution is -0.120. The molecule has 96 valence electrons. The largest absolute Gasteiger partial charge is 0.394 e. The van der Waals surface area contributed by atoms with Gasteiger partial charge >= 0.3 is 0 Å². The fourth-order valence-electron chi connectivity index (χ4n) is 0.891. The first kappa shape index (κ1) is 15.3. The number of hydrogen-bond acceptors (Lipinski definition) is 5. The summed E-state index contributed by atoms with van der Waals surface area (Å²) < 4.78 is 27.0. The lowest BCUT2D eigenvalue weighted by atomic mass is 10.4. The van der Waals surface area contributed by atoms with Crippen molar-refractivity contribution in [1.82, 2.24) is 5.32 Å². The molecular formula is C9H19NO5S. The molecule has 0 rings (SSSR count). The molecule has 16 heavy (non-hydrogen) atoms. The molecule has 0 aliphatic heterocycles.